The van der Waals surface area contributed by atoms with E-state index in [1.54, 1.807) is 0 Å². The van der Waals surface area contributed by atoms with Gasteiger partial charge in [0.25, 0.3) is 0 Å². The highest BCUT2D eigenvalue weighted by Gasteiger charge is 2.43. The Morgan fingerprint density at radius 2 is 1.88 bits per heavy atom. The summed E-state index contributed by atoms with van der Waals surface area (Å²) in [6.45, 7) is 4.11. The molecule has 1 saturated carbocycles. The van der Waals surface area contributed by atoms with Gasteiger partial charge in [-0.1, -0.05) is 39.5 Å². The zero-order valence-electron chi connectivity index (χ0n) is 16.4. The van der Waals surface area contributed by atoms with Crippen molar-refractivity contribution in [1.82, 2.24) is 0 Å². The molecule has 0 radical (unpaired) electrons. The summed E-state index contributed by atoms with van der Waals surface area (Å²) in [5.74, 6) is 0.00463. The van der Waals surface area contributed by atoms with Crippen molar-refractivity contribution in [1.29, 1.82) is 0 Å². The zero-order valence-corrected chi connectivity index (χ0v) is 17.6. The minimum absolute atomic E-state index is 0.0225. The molecule has 0 aliphatic heterocycles. The lowest BCUT2D eigenvalue weighted by molar-refractivity contribution is -0.121. The largest absolute Gasteiger partial charge is 0.393 e. The van der Waals surface area contributed by atoms with Gasteiger partial charge in [-0.05, 0) is 37.5 Å². The fourth-order valence-corrected chi connectivity index (χ4v) is 4.38. The molecule has 0 amide bonds. The van der Waals surface area contributed by atoms with E-state index in [9.17, 15) is 19.4 Å². The standard InChI is InChI=1S/C20H38FO4P/c1-3-5-7-8-14(22)12-16-15(20(25-26)13-19(16)24)10-11-18(23)17(21)9-6-4-2/h15-20,23-24H,3-13,26H2,1-2H3/t15-,16?,17?,18?,19?,20?/m1/s1. The maximum absolute atomic E-state index is 14.0. The predicted octanol–water partition coefficient (Wildman–Crippen LogP) is 4.37. The number of rotatable bonds is 14. The number of unbranched alkanes of at least 4 members (excludes halogenated alkanes) is 3. The molecule has 0 bridgehead atoms. The number of ketones is 1. The number of halogens is 1. The molecule has 0 spiro atoms. The molecule has 1 fully saturated rings. The maximum atomic E-state index is 14.0. The van der Waals surface area contributed by atoms with Crippen LogP contribution in [0.25, 0.3) is 0 Å². The predicted molar refractivity (Wildman–Crippen MR) is 106 cm³/mol. The topological polar surface area (TPSA) is 66.8 Å². The number of carbonyl (C=O) groups is 1. The first kappa shape index (κ1) is 23.9. The summed E-state index contributed by atoms with van der Waals surface area (Å²) in [5.41, 5.74) is 0. The molecule has 6 unspecified atom stereocenters. The van der Waals surface area contributed by atoms with Crippen molar-refractivity contribution in [2.75, 3.05) is 0 Å². The normalized spacial score (nSPS) is 28.2. The molecular weight excluding hydrogens is 354 g/mol. The number of hydrogen-bond donors (Lipinski definition) is 2. The fourth-order valence-electron chi connectivity index (χ4n) is 4.07. The van der Waals surface area contributed by atoms with Crippen LogP contribution in [0, 0.1) is 11.8 Å². The van der Waals surface area contributed by atoms with E-state index in [4.69, 9.17) is 4.52 Å². The number of Topliss-reactive ketones (excluding diaryl/α,β-unsaturated/α-hetero) is 1. The molecule has 2 N–H and O–H groups in total. The lowest BCUT2D eigenvalue weighted by Crippen LogP contribution is -2.28. The summed E-state index contributed by atoms with van der Waals surface area (Å²) in [6.07, 6.45) is 4.47. The highest BCUT2D eigenvalue weighted by Crippen LogP contribution is 2.41. The van der Waals surface area contributed by atoms with Crippen molar-refractivity contribution < 1.29 is 23.9 Å². The van der Waals surface area contributed by atoms with Gasteiger partial charge in [-0.2, -0.15) is 0 Å². The average Bonchev–Trinajstić information content (AvgIpc) is 2.92. The fraction of sp³-hybridized carbons (Fsp3) is 0.950. The lowest BCUT2D eigenvalue weighted by atomic mass is 9.84. The van der Waals surface area contributed by atoms with Gasteiger partial charge in [0.2, 0.25) is 0 Å². The Bertz CT molecular complexity index is 396. The van der Waals surface area contributed by atoms with Crippen LogP contribution in [0.1, 0.15) is 84.5 Å². The van der Waals surface area contributed by atoms with Crippen LogP contribution in [-0.2, 0) is 9.32 Å². The Hall–Kier alpha value is -0.0900. The Morgan fingerprint density at radius 3 is 2.50 bits per heavy atom. The van der Waals surface area contributed by atoms with Gasteiger partial charge in [0.15, 0.2) is 0 Å². The Balaban J connectivity index is 2.57. The van der Waals surface area contributed by atoms with Crippen LogP contribution < -0.4 is 0 Å². The second-order valence-corrected chi connectivity index (χ2v) is 8.08. The first-order valence-electron chi connectivity index (χ1n) is 10.3. The molecule has 0 aromatic rings. The minimum Gasteiger partial charge on any atom is -0.393 e. The van der Waals surface area contributed by atoms with Gasteiger partial charge in [0.05, 0.1) is 18.3 Å². The van der Waals surface area contributed by atoms with Crippen LogP contribution in [0.5, 0.6) is 0 Å². The first-order valence-corrected chi connectivity index (χ1v) is 10.8. The maximum Gasteiger partial charge on any atom is 0.133 e. The van der Waals surface area contributed by atoms with Crippen LogP contribution in [0.2, 0.25) is 0 Å². The minimum atomic E-state index is -1.20. The molecule has 1 aliphatic carbocycles. The van der Waals surface area contributed by atoms with Crippen molar-refractivity contribution in [2.45, 2.75) is 109 Å². The number of aliphatic hydroxyl groups is 2. The third kappa shape index (κ3) is 7.88. The summed E-state index contributed by atoms with van der Waals surface area (Å²) < 4.78 is 19.4. The third-order valence-corrected chi connectivity index (χ3v) is 6.09. The number of carbonyl (C=O) groups excluding carboxylic acids is 1. The van der Waals surface area contributed by atoms with E-state index in [1.807, 2.05) is 6.92 Å². The van der Waals surface area contributed by atoms with Gasteiger partial charge in [-0.15, -0.1) is 0 Å². The van der Waals surface area contributed by atoms with E-state index in [1.165, 1.54) is 0 Å². The Labute approximate surface area is 160 Å². The van der Waals surface area contributed by atoms with Gasteiger partial charge in [0, 0.05) is 28.7 Å². The molecule has 0 heterocycles. The molecule has 6 heteroatoms. The van der Waals surface area contributed by atoms with Crippen LogP contribution in [0.3, 0.4) is 0 Å². The van der Waals surface area contributed by atoms with E-state index in [2.05, 4.69) is 16.4 Å². The molecular formula is C20H38FO4P. The van der Waals surface area contributed by atoms with E-state index in [0.29, 0.717) is 38.5 Å². The van der Waals surface area contributed by atoms with Crippen LogP contribution in [0.4, 0.5) is 4.39 Å². The quantitative estimate of drug-likeness (QED) is 0.340. The molecule has 1 rings (SSSR count). The van der Waals surface area contributed by atoms with Gasteiger partial charge in [0.1, 0.15) is 12.0 Å². The first-order chi connectivity index (χ1) is 12.4. The van der Waals surface area contributed by atoms with E-state index < -0.39 is 18.4 Å². The summed E-state index contributed by atoms with van der Waals surface area (Å²) in [7, 11) is 2.24. The molecule has 26 heavy (non-hydrogen) atoms. The molecule has 0 aromatic carbocycles. The van der Waals surface area contributed by atoms with Crippen LogP contribution >= 0.6 is 9.47 Å². The van der Waals surface area contributed by atoms with Crippen molar-refractivity contribution >= 4 is 15.2 Å². The molecule has 1 aliphatic rings. The van der Waals surface area contributed by atoms with Gasteiger partial charge in [-0.25, -0.2) is 4.39 Å². The smallest absolute Gasteiger partial charge is 0.133 e. The second-order valence-electron chi connectivity index (χ2n) is 7.81. The number of aliphatic hydroxyl groups excluding tert-OH is 2. The monoisotopic (exact) mass is 392 g/mol. The second kappa shape index (κ2) is 13.1. The lowest BCUT2D eigenvalue weighted by Gasteiger charge is -2.26. The highest BCUT2D eigenvalue weighted by molar-refractivity contribution is 7.09. The van der Waals surface area contributed by atoms with Crippen molar-refractivity contribution in [3.05, 3.63) is 0 Å². The Kier molecular flexibility index (Phi) is 12.1. The summed E-state index contributed by atoms with van der Waals surface area (Å²) in [6, 6.07) is 0. The van der Waals surface area contributed by atoms with E-state index in [0.717, 1.165) is 32.1 Å². The third-order valence-electron chi connectivity index (χ3n) is 5.74. The van der Waals surface area contributed by atoms with Crippen molar-refractivity contribution in [2.24, 2.45) is 11.8 Å². The van der Waals surface area contributed by atoms with Crippen LogP contribution in [-0.4, -0.2) is 40.5 Å². The van der Waals surface area contributed by atoms with Crippen molar-refractivity contribution in [3.8, 4) is 0 Å². The van der Waals surface area contributed by atoms with Gasteiger partial charge in [-0.3, -0.25) is 4.79 Å². The van der Waals surface area contributed by atoms with Gasteiger partial charge < -0.3 is 14.7 Å². The summed E-state index contributed by atoms with van der Waals surface area (Å²) in [5, 5.41) is 20.5. The van der Waals surface area contributed by atoms with E-state index >= 15 is 0 Å². The van der Waals surface area contributed by atoms with E-state index in [-0.39, 0.29) is 23.7 Å². The summed E-state index contributed by atoms with van der Waals surface area (Å²) >= 11 is 0. The summed E-state index contributed by atoms with van der Waals surface area (Å²) in [4.78, 5) is 12.3. The number of hydrogen-bond acceptors (Lipinski definition) is 4. The van der Waals surface area contributed by atoms with Crippen molar-refractivity contribution in [3.63, 3.8) is 0 Å². The molecule has 0 saturated heterocycles. The number of alkyl halides is 1. The molecule has 4 nitrogen and oxygen atoms in total. The molecule has 0 aromatic heterocycles. The zero-order chi connectivity index (χ0) is 19.5. The highest BCUT2D eigenvalue weighted by atomic mass is 31.0. The van der Waals surface area contributed by atoms with Crippen LogP contribution in [0.15, 0.2) is 0 Å². The Morgan fingerprint density at radius 1 is 1.19 bits per heavy atom. The average molecular weight is 392 g/mol. The van der Waals surface area contributed by atoms with Gasteiger partial charge >= 0.3 is 0 Å². The molecule has 7 atom stereocenters. The molecule has 154 valence electrons. The SMILES string of the molecule is CCCCCC(=O)CC1C(O)CC(OP)[C@@H]1CCC(O)C(F)CCCC.